The van der Waals surface area contributed by atoms with Gasteiger partial charge in [-0.3, -0.25) is 9.36 Å². The number of allylic oxidation sites excluding steroid dienone is 1. The Kier molecular flexibility index (Phi) is 7.99. The van der Waals surface area contributed by atoms with Gasteiger partial charge in [0, 0.05) is 18.3 Å². The lowest BCUT2D eigenvalue weighted by Gasteiger charge is -2.16. The highest BCUT2D eigenvalue weighted by Crippen LogP contribution is 2.27. The lowest BCUT2D eigenvalue weighted by Crippen LogP contribution is -2.16. The van der Waals surface area contributed by atoms with E-state index in [1.165, 1.54) is 17.8 Å². The molecule has 0 radical (unpaired) electrons. The summed E-state index contributed by atoms with van der Waals surface area (Å²) < 4.78 is 34.5. The lowest BCUT2D eigenvalue weighted by atomic mass is 10.1. The molecule has 1 heterocycles. The van der Waals surface area contributed by atoms with Crippen molar-refractivity contribution in [1.29, 1.82) is 0 Å². The standard InChI is InChI=1S/C23H24F2N4O2S/c1-4-12-29-22(15(3)31-20-11-10-17(24)13-18(20)25)27-28-23(29)32-14-21(30)26-19-9-7-6-8-16(19)5-2/h4,6-11,13,15H,1,5,12,14H2,2-3H3,(H,26,30). The molecule has 1 amide bonds. The number of benzene rings is 2. The van der Waals surface area contributed by atoms with Crippen LogP contribution in [0, 0.1) is 11.6 Å². The summed E-state index contributed by atoms with van der Waals surface area (Å²) in [5, 5.41) is 11.7. The van der Waals surface area contributed by atoms with Crippen LogP contribution < -0.4 is 10.1 Å². The molecule has 0 saturated carbocycles. The Morgan fingerprint density at radius 3 is 2.78 bits per heavy atom. The molecule has 3 rings (SSSR count). The molecule has 0 aliphatic carbocycles. The van der Waals surface area contributed by atoms with Gasteiger partial charge in [-0.05, 0) is 37.1 Å². The smallest absolute Gasteiger partial charge is 0.234 e. The van der Waals surface area contributed by atoms with Crippen LogP contribution in [0.25, 0.3) is 0 Å². The molecule has 6 nitrogen and oxygen atoms in total. The highest BCUT2D eigenvalue weighted by Gasteiger charge is 2.21. The Balaban J connectivity index is 1.69. The van der Waals surface area contributed by atoms with Gasteiger partial charge in [-0.25, -0.2) is 8.78 Å². The molecule has 0 fully saturated rings. The van der Waals surface area contributed by atoms with Crippen molar-refractivity contribution in [3.63, 3.8) is 0 Å². The number of thioether (sulfide) groups is 1. The molecule has 1 aromatic heterocycles. The number of ether oxygens (including phenoxy) is 1. The van der Waals surface area contributed by atoms with Gasteiger partial charge < -0.3 is 10.1 Å². The zero-order valence-corrected chi connectivity index (χ0v) is 18.7. The zero-order chi connectivity index (χ0) is 23.1. The molecule has 3 aromatic rings. The second kappa shape index (κ2) is 10.9. The van der Waals surface area contributed by atoms with Crippen molar-refractivity contribution in [1.82, 2.24) is 14.8 Å². The maximum absolute atomic E-state index is 14.0. The van der Waals surface area contributed by atoms with Crippen molar-refractivity contribution in [2.75, 3.05) is 11.1 Å². The number of amides is 1. The van der Waals surface area contributed by atoms with Crippen LogP contribution >= 0.6 is 11.8 Å². The van der Waals surface area contributed by atoms with Crippen LogP contribution in [0.5, 0.6) is 5.75 Å². The number of rotatable bonds is 10. The van der Waals surface area contributed by atoms with Gasteiger partial charge in [-0.15, -0.1) is 16.8 Å². The first-order chi connectivity index (χ1) is 15.4. The number of hydrogen-bond donors (Lipinski definition) is 1. The molecule has 1 unspecified atom stereocenters. The summed E-state index contributed by atoms with van der Waals surface area (Å²) in [6.07, 6.45) is 1.81. The number of hydrogen-bond acceptors (Lipinski definition) is 5. The van der Waals surface area contributed by atoms with E-state index in [-0.39, 0.29) is 17.4 Å². The second-order valence-corrected chi connectivity index (χ2v) is 7.86. The van der Waals surface area contributed by atoms with Gasteiger partial charge in [0.1, 0.15) is 5.82 Å². The predicted molar refractivity (Wildman–Crippen MR) is 121 cm³/mol. The van der Waals surface area contributed by atoms with Gasteiger partial charge in [0.2, 0.25) is 5.91 Å². The number of anilines is 1. The normalized spacial score (nSPS) is 11.8. The van der Waals surface area contributed by atoms with E-state index in [1.54, 1.807) is 17.6 Å². The Hall–Kier alpha value is -3.20. The number of nitrogens with one attached hydrogen (secondary N) is 1. The monoisotopic (exact) mass is 458 g/mol. The summed E-state index contributed by atoms with van der Waals surface area (Å²) in [7, 11) is 0. The number of aryl methyl sites for hydroxylation is 1. The fraction of sp³-hybridized carbons (Fsp3) is 0.261. The summed E-state index contributed by atoms with van der Waals surface area (Å²) in [5.41, 5.74) is 1.85. The Labute approximate surface area is 189 Å². The molecule has 0 spiro atoms. The molecule has 1 atom stereocenters. The van der Waals surface area contributed by atoms with Crippen LogP contribution in [0.2, 0.25) is 0 Å². The largest absolute Gasteiger partial charge is 0.480 e. The maximum Gasteiger partial charge on any atom is 0.234 e. The van der Waals surface area contributed by atoms with E-state index in [0.29, 0.717) is 17.5 Å². The molecule has 168 valence electrons. The summed E-state index contributed by atoms with van der Waals surface area (Å²) >= 11 is 1.23. The Bertz CT molecular complexity index is 1100. The van der Waals surface area contributed by atoms with Gasteiger partial charge >= 0.3 is 0 Å². The summed E-state index contributed by atoms with van der Waals surface area (Å²) in [4.78, 5) is 12.5. The first-order valence-electron chi connectivity index (χ1n) is 10.1. The van der Waals surface area contributed by atoms with E-state index in [2.05, 4.69) is 22.1 Å². The molecule has 1 N–H and O–H groups in total. The van der Waals surface area contributed by atoms with Crippen molar-refractivity contribution in [2.24, 2.45) is 0 Å². The van der Waals surface area contributed by atoms with Crippen molar-refractivity contribution >= 4 is 23.4 Å². The molecule has 0 aliphatic heterocycles. The minimum absolute atomic E-state index is 0.0878. The van der Waals surface area contributed by atoms with Crippen LogP contribution in [0.4, 0.5) is 14.5 Å². The van der Waals surface area contributed by atoms with Crippen molar-refractivity contribution < 1.29 is 18.3 Å². The molecule has 32 heavy (non-hydrogen) atoms. The highest BCUT2D eigenvalue weighted by atomic mass is 32.2. The SMILES string of the molecule is C=CCn1c(SCC(=O)Nc2ccccc2CC)nnc1C(C)Oc1ccc(F)cc1F. The third kappa shape index (κ3) is 5.73. The van der Waals surface area contributed by atoms with E-state index >= 15 is 0 Å². The second-order valence-electron chi connectivity index (χ2n) is 6.92. The van der Waals surface area contributed by atoms with Crippen LogP contribution in [-0.2, 0) is 17.8 Å². The first-order valence-corrected chi connectivity index (χ1v) is 11.1. The van der Waals surface area contributed by atoms with E-state index in [9.17, 15) is 13.6 Å². The van der Waals surface area contributed by atoms with Crippen LogP contribution in [0.1, 0.15) is 31.3 Å². The van der Waals surface area contributed by atoms with E-state index in [0.717, 1.165) is 29.8 Å². The van der Waals surface area contributed by atoms with Gasteiger partial charge in [0.25, 0.3) is 0 Å². The number of halogens is 2. The lowest BCUT2D eigenvalue weighted by molar-refractivity contribution is -0.113. The minimum atomic E-state index is -0.801. The average molecular weight is 459 g/mol. The van der Waals surface area contributed by atoms with Crippen LogP contribution in [0.15, 0.2) is 60.3 Å². The zero-order valence-electron chi connectivity index (χ0n) is 17.8. The minimum Gasteiger partial charge on any atom is -0.480 e. The van der Waals surface area contributed by atoms with Gasteiger partial charge in [0.15, 0.2) is 28.7 Å². The number of para-hydroxylation sites is 1. The highest BCUT2D eigenvalue weighted by molar-refractivity contribution is 7.99. The third-order valence-corrected chi connectivity index (χ3v) is 5.59. The molecular weight excluding hydrogens is 434 g/mol. The van der Waals surface area contributed by atoms with Crippen LogP contribution in [-0.4, -0.2) is 26.4 Å². The molecule has 0 bridgehead atoms. The van der Waals surface area contributed by atoms with Crippen molar-refractivity contribution in [3.8, 4) is 5.75 Å². The van der Waals surface area contributed by atoms with Gasteiger partial charge in [-0.2, -0.15) is 0 Å². The number of carbonyl (C=O) groups is 1. The van der Waals surface area contributed by atoms with E-state index < -0.39 is 17.7 Å². The molecule has 2 aromatic carbocycles. The fourth-order valence-electron chi connectivity index (χ4n) is 3.09. The number of carbonyl (C=O) groups excluding carboxylic acids is 1. The third-order valence-electron chi connectivity index (χ3n) is 4.62. The van der Waals surface area contributed by atoms with Crippen molar-refractivity contribution in [2.45, 2.75) is 38.1 Å². The molecule has 9 heteroatoms. The first kappa shape index (κ1) is 23.5. The molecule has 0 aliphatic rings. The quantitative estimate of drug-likeness (QED) is 0.335. The fourth-order valence-corrected chi connectivity index (χ4v) is 3.84. The summed E-state index contributed by atoms with van der Waals surface area (Å²) in [6.45, 7) is 7.84. The number of nitrogens with zero attached hydrogens (tertiary/aromatic N) is 3. The maximum atomic E-state index is 14.0. The summed E-state index contributed by atoms with van der Waals surface area (Å²) in [6, 6.07) is 10.8. The molecular formula is C23H24F2N4O2S. The number of aromatic nitrogens is 3. The topological polar surface area (TPSA) is 69.0 Å². The molecule has 0 saturated heterocycles. The van der Waals surface area contributed by atoms with Crippen LogP contribution in [0.3, 0.4) is 0 Å². The van der Waals surface area contributed by atoms with Crippen molar-refractivity contribution in [3.05, 3.63) is 78.1 Å². The summed E-state index contributed by atoms with van der Waals surface area (Å²) in [5.74, 6) is -1.16. The average Bonchev–Trinajstić information content (AvgIpc) is 3.17. The van der Waals surface area contributed by atoms with E-state index in [4.69, 9.17) is 4.74 Å². The van der Waals surface area contributed by atoms with Gasteiger partial charge in [-0.1, -0.05) is 43.0 Å². The Morgan fingerprint density at radius 1 is 1.28 bits per heavy atom. The predicted octanol–water partition coefficient (Wildman–Crippen LogP) is 5.18. The van der Waals surface area contributed by atoms with Gasteiger partial charge in [0.05, 0.1) is 5.75 Å². The Morgan fingerprint density at radius 2 is 2.06 bits per heavy atom. The van der Waals surface area contributed by atoms with E-state index in [1.807, 2.05) is 31.2 Å².